The molecule has 0 saturated carbocycles. The predicted molar refractivity (Wildman–Crippen MR) is 81.9 cm³/mol. The Morgan fingerprint density at radius 1 is 1.37 bits per heavy atom. The predicted octanol–water partition coefficient (Wildman–Crippen LogP) is 3.24. The average molecular weight is 278 g/mol. The molecule has 1 heterocycles. The summed E-state index contributed by atoms with van der Waals surface area (Å²) in [5.74, 6) is 0. The number of hydrogen-bond donors (Lipinski definition) is 1. The molecule has 3 nitrogen and oxygen atoms in total. The minimum absolute atomic E-state index is 0.252. The van der Waals surface area contributed by atoms with Crippen molar-refractivity contribution in [2.45, 2.75) is 38.3 Å². The third-order valence-electron chi connectivity index (χ3n) is 3.43. The summed E-state index contributed by atoms with van der Waals surface area (Å²) in [5.41, 5.74) is 1.10. The second-order valence-corrected chi connectivity index (χ2v) is 5.85. The van der Waals surface area contributed by atoms with Crippen molar-refractivity contribution in [3.8, 4) is 0 Å². The number of nitrogens with zero attached hydrogens (tertiary/aromatic N) is 1. The monoisotopic (exact) mass is 278 g/mol. The molecule has 0 spiro atoms. The Morgan fingerprint density at radius 2 is 2.16 bits per heavy atom. The zero-order valence-electron chi connectivity index (χ0n) is 11.8. The molecule has 4 heteroatoms. The van der Waals surface area contributed by atoms with Gasteiger partial charge in [0, 0.05) is 19.6 Å². The average Bonchev–Trinajstić information content (AvgIpc) is 2.85. The largest absolute Gasteiger partial charge is 0.380 e. The fourth-order valence-corrected chi connectivity index (χ4v) is 3.41. The second kappa shape index (κ2) is 6.98. The zero-order valence-corrected chi connectivity index (χ0v) is 12.7. The van der Waals surface area contributed by atoms with E-state index in [1.54, 1.807) is 18.4 Å². The highest BCUT2D eigenvalue weighted by Crippen LogP contribution is 2.23. The molecule has 0 amide bonds. The maximum absolute atomic E-state index is 5.60. The zero-order chi connectivity index (χ0) is 13.7. The lowest BCUT2D eigenvalue weighted by Crippen LogP contribution is -2.40. The van der Waals surface area contributed by atoms with Crippen LogP contribution in [0.3, 0.4) is 0 Å². The summed E-state index contributed by atoms with van der Waals surface area (Å²) < 4.78 is 6.87. The van der Waals surface area contributed by atoms with Crippen molar-refractivity contribution in [1.82, 2.24) is 10.3 Å². The Hall–Kier alpha value is -0.970. The molecule has 19 heavy (non-hydrogen) atoms. The maximum Gasteiger partial charge on any atom is 0.0955 e. The first-order chi connectivity index (χ1) is 9.28. The van der Waals surface area contributed by atoms with Crippen molar-refractivity contribution in [3.63, 3.8) is 0 Å². The minimum Gasteiger partial charge on any atom is -0.380 e. The Labute approximate surface area is 119 Å². The van der Waals surface area contributed by atoms with Crippen molar-refractivity contribution >= 4 is 21.6 Å². The van der Waals surface area contributed by atoms with E-state index in [2.05, 4.69) is 30.4 Å². The molecule has 0 aliphatic carbocycles. The third kappa shape index (κ3) is 3.53. The Balaban J connectivity index is 2.12. The van der Waals surface area contributed by atoms with E-state index in [4.69, 9.17) is 9.72 Å². The summed E-state index contributed by atoms with van der Waals surface area (Å²) in [6.07, 6.45) is 3.39. The molecule has 1 aromatic heterocycles. The lowest BCUT2D eigenvalue weighted by Gasteiger charge is -2.24. The number of nitrogens with one attached hydrogen (secondary N) is 1. The quantitative estimate of drug-likeness (QED) is 0.844. The summed E-state index contributed by atoms with van der Waals surface area (Å²) in [7, 11) is 3.79. The van der Waals surface area contributed by atoms with E-state index in [1.807, 2.05) is 13.1 Å². The van der Waals surface area contributed by atoms with Crippen molar-refractivity contribution in [3.05, 3.63) is 29.3 Å². The van der Waals surface area contributed by atoms with Gasteiger partial charge in [-0.05, 0) is 25.6 Å². The Bertz CT molecular complexity index is 479. The van der Waals surface area contributed by atoms with E-state index in [1.165, 1.54) is 9.71 Å². The van der Waals surface area contributed by atoms with Gasteiger partial charge in [-0.3, -0.25) is 0 Å². The lowest BCUT2D eigenvalue weighted by atomic mass is 10.0. The Kier molecular flexibility index (Phi) is 5.31. The van der Waals surface area contributed by atoms with Gasteiger partial charge >= 0.3 is 0 Å². The summed E-state index contributed by atoms with van der Waals surface area (Å²) in [4.78, 5) is 4.70. The molecular weight excluding hydrogens is 256 g/mol. The highest BCUT2D eigenvalue weighted by Gasteiger charge is 2.20. The van der Waals surface area contributed by atoms with Gasteiger partial charge in [0.05, 0.1) is 21.3 Å². The number of fused-ring (bicyclic) bond motifs is 1. The van der Waals surface area contributed by atoms with Crippen LogP contribution in [0.4, 0.5) is 0 Å². The van der Waals surface area contributed by atoms with Crippen LogP contribution >= 0.6 is 11.3 Å². The summed E-state index contributed by atoms with van der Waals surface area (Å²) in [6.45, 7) is 2.19. The van der Waals surface area contributed by atoms with Crippen molar-refractivity contribution in [1.29, 1.82) is 0 Å². The molecule has 0 saturated heterocycles. The van der Waals surface area contributed by atoms with Crippen LogP contribution in [0.5, 0.6) is 0 Å². The molecule has 0 aliphatic heterocycles. The number of hydrogen-bond acceptors (Lipinski definition) is 4. The van der Waals surface area contributed by atoms with Crippen LogP contribution in [0.25, 0.3) is 10.2 Å². The van der Waals surface area contributed by atoms with Gasteiger partial charge in [-0.2, -0.15) is 0 Å². The number of likely N-dealkylation sites (N-methyl/N-ethyl adjacent to an activating group) is 1. The van der Waals surface area contributed by atoms with Gasteiger partial charge in [-0.1, -0.05) is 25.5 Å². The SMILES string of the molecule is CCCC(OC)C(Cc1nc2ccccc2s1)NC. The number of benzene rings is 1. The van der Waals surface area contributed by atoms with Crippen molar-refractivity contribution < 1.29 is 4.74 Å². The maximum atomic E-state index is 5.60. The van der Waals surface area contributed by atoms with E-state index in [9.17, 15) is 0 Å². The summed E-state index contributed by atoms with van der Waals surface area (Å²) in [5, 5.41) is 4.55. The molecular formula is C15H22N2OS. The number of methoxy groups -OCH3 is 1. The van der Waals surface area contributed by atoms with Crippen molar-refractivity contribution in [2.24, 2.45) is 0 Å². The lowest BCUT2D eigenvalue weighted by molar-refractivity contribution is 0.0633. The minimum atomic E-state index is 0.252. The third-order valence-corrected chi connectivity index (χ3v) is 4.49. The van der Waals surface area contributed by atoms with Crippen LogP contribution in [-0.4, -0.2) is 31.3 Å². The molecule has 2 aromatic rings. The molecule has 0 aliphatic rings. The highest BCUT2D eigenvalue weighted by atomic mass is 32.1. The number of aromatic nitrogens is 1. The van der Waals surface area contributed by atoms with Crippen molar-refractivity contribution in [2.75, 3.05) is 14.2 Å². The van der Waals surface area contributed by atoms with Crippen LogP contribution in [0.1, 0.15) is 24.8 Å². The topological polar surface area (TPSA) is 34.1 Å². The van der Waals surface area contributed by atoms with Gasteiger partial charge in [-0.15, -0.1) is 11.3 Å². The highest BCUT2D eigenvalue weighted by molar-refractivity contribution is 7.18. The normalized spacial score (nSPS) is 14.7. The molecule has 1 aromatic carbocycles. The molecule has 104 valence electrons. The molecule has 2 rings (SSSR count). The summed E-state index contributed by atoms with van der Waals surface area (Å²) in [6, 6.07) is 8.63. The standard InChI is InChI=1S/C15H22N2OS/c1-4-7-13(18-3)12(16-2)10-15-17-11-8-5-6-9-14(11)19-15/h5-6,8-9,12-13,16H,4,7,10H2,1-3H3. The van der Waals surface area contributed by atoms with Gasteiger partial charge in [-0.25, -0.2) is 4.98 Å². The Morgan fingerprint density at radius 3 is 2.79 bits per heavy atom. The fourth-order valence-electron chi connectivity index (χ4n) is 2.38. The van der Waals surface area contributed by atoms with Gasteiger partial charge in [0.15, 0.2) is 0 Å². The van der Waals surface area contributed by atoms with Crippen LogP contribution in [0.15, 0.2) is 24.3 Å². The molecule has 2 unspecified atom stereocenters. The molecule has 2 atom stereocenters. The number of rotatable bonds is 7. The number of ether oxygens (including phenoxy) is 1. The second-order valence-electron chi connectivity index (χ2n) is 4.74. The van der Waals surface area contributed by atoms with E-state index >= 15 is 0 Å². The van der Waals surface area contributed by atoms with Crippen LogP contribution in [0, 0.1) is 0 Å². The fraction of sp³-hybridized carbons (Fsp3) is 0.533. The first-order valence-electron chi connectivity index (χ1n) is 6.83. The van der Waals surface area contributed by atoms with E-state index in [0.29, 0.717) is 6.04 Å². The molecule has 0 bridgehead atoms. The van der Waals surface area contributed by atoms with E-state index < -0.39 is 0 Å². The van der Waals surface area contributed by atoms with Gasteiger partial charge in [0.1, 0.15) is 0 Å². The van der Waals surface area contributed by atoms with Crippen LogP contribution in [0.2, 0.25) is 0 Å². The first kappa shape index (κ1) is 14.4. The van der Waals surface area contributed by atoms with Crippen LogP contribution < -0.4 is 5.32 Å². The number of thiazole rings is 1. The van der Waals surface area contributed by atoms with Gasteiger partial charge in [0.2, 0.25) is 0 Å². The smallest absolute Gasteiger partial charge is 0.0955 e. The molecule has 0 radical (unpaired) electrons. The summed E-state index contributed by atoms with van der Waals surface area (Å²) >= 11 is 1.78. The van der Waals surface area contributed by atoms with E-state index in [0.717, 1.165) is 24.8 Å². The molecule has 0 fully saturated rings. The van der Waals surface area contributed by atoms with E-state index in [-0.39, 0.29) is 6.10 Å². The van der Waals surface area contributed by atoms with Crippen LogP contribution in [-0.2, 0) is 11.2 Å². The first-order valence-corrected chi connectivity index (χ1v) is 7.64. The van der Waals surface area contributed by atoms with Gasteiger partial charge < -0.3 is 10.1 Å². The molecule has 1 N–H and O–H groups in total. The van der Waals surface area contributed by atoms with Gasteiger partial charge in [0.25, 0.3) is 0 Å². The number of para-hydroxylation sites is 1.